The van der Waals surface area contributed by atoms with Crippen LogP contribution in [0.15, 0.2) is 53.1 Å². The van der Waals surface area contributed by atoms with Crippen molar-refractivity contribution in [3.8, 4) is 11.4 Å². The van der Waals surface area contributed by atoms with Crippen molar-refractivity contribution in [3.05, 3.63) is 64.8 Å². The fourth-order valence-electron chi connectivity index (χ4n) is 2.93. The molecular weight excluding hydrogens is 391 g/mol. The average Bonchev–Trinajstić information content (AvgIpc) is 3.36. The fourth-order valence-corrected chi connectivity index (χ4v) is 3.76. The molecule has 3 heterocycles. The van der Waals surface area contributed by atoms with Gasteiger partial charge in [-0.1, -0.05) is 40.8 Å². The minimum absolute atomic E-state index is 0.385. The van der Waals surface area contributed by atoms with Crippen LogP contribution < -0.4 is 0 Å². The van der Waals surface area contributed by atoms with E-state index in [1.807, 2.05) is 24.3 Å². The zero-order valence-electron chi connectivity index (χ0n) is 14.0. The molecule has 3 aromatic heterocycles. The molecule has 0 fully saturated rings. The van der Waals surface area contributed by atoms with E-state index in [-0.39, 0.29) is 0 Å². The zero-order valence-corrected chi connectivity index (χ0v) is 14.8. The zero-order chi connectivity index (χ0) is 19.3. The maximum atomic E-state index is 12.8. The number of benzene rings is 2. The van der Waals surface area contributed by atoms with Crippen LogP contribution in [0.4, 0.5) is 13.2 Å². The summed E-state index contributed by atoms with van der Waals surface area (Å²) in [4.78, 5) is 0.553. The quantitative estimate of drug-likeness (QED) is 0.442. The Morgan fingerprint density at radius 1 is 1.00 bits per heavy atom. The Morgan fingerprint density at radius 3 is 2.57 bits per heavy atom. The predicted molar refractivity (Wildman–Crippen MR) is 95.9 cm³/mol. The van der Waals surface area contributed by atoms with Gasteiger partial charge in [0.05, 0.1) is 11.3 Å². The van der Waals surface area contributed by atoms with Gasteiger partial charge >= 0.3 is 6.18 Å². The maximum Gasteiger partial charge on any atom is 0.416 e. The van der Waals surface area contributed by atoms with Crippen molar-refractivity contribution in [1.82, 2.24) is 25.0 Å². The fraction of sp³-hybridized carbons (Fsp3) is 0.111. The first kappa shape index (κ1) is 16.9. The first-order chi connectivity index (χ1) is 13.5. The third-order valence-corrected chi connectivity index (χ3v) is 5.17. The van der Waals surface area contributed by atoms with E-state index in [1.165, 1.54) is 28.0 Å². The van der Waals surface area contributed by atoms with Gasteiger partial charge in [-0.25, -0.2) is 0 Å². The van der Waals surface area contributed by atoms with E-state index in [1.54, 1.807) is 0 Å². The molecule has 0 amide bonds. The Morgan fingerprint density at radius 2 is 1.79 bits per heavy atom. The summed E-state index contributed by atoms with van der Waals surface area (Å²) >= 11 is 1.34. The van der Waals surface area contributed by atoms with E-state index in [0.29, 0.717) is 28.4 Å². The number of para-hydroxylation sites is 1. The summed E-state index contributed by atoms with van der Waals surface area (Å²) in [5.41, 5.74) is 1.25. The van der Waals surface area contributed by atoms with Crippen LogP contribution in [0.2, 0.25) is 0 Å². The van der Waals surface area contributed by atoms with Gasteiger partial charge in [0.1, 0.15) is 5.01 Å². The van der Waals surface area contributed by atoms with Gasteiger partial charge in [-0.15, -0.1) is 10.2 Å². The maximum absolute atomic E-state index is 12.8. The second kappa shape index (κ2) is 6.13. The summed E-state index contributed by atoms with van der Waals surface area (Å²) in [5.74, 6) is 0.385. The molecule has 0 aliphatic heterocycles. The molecule has 28 heavy (non-hydrogen) atoms. The van der Waals surface area contributed by atoms with E-state index in [9.17, 15) is 13.2 Å². The number of halogens is 3. The number of alkyl halides is 3. The number of aromatic nitrogens is 5. The third kappa shape index (κ3) is 2.82. The summed E-state index contributed by atoms with van der Waals surface area (Å²) in [6.07, 6.45) is -3.93. The van der Waals surface area contributed by atoms with Gasteiger partial charge in [-0.3, -0.25) is 0 Å². The minimum Gasteiger partial charge on any atom is -0.356 e. The molecule has 0 atom stereocenters. The molecule has 2 aromatic carbocycles. The molecule has 0 radical (unpaired) electrons. The Kier molecular flexibility index (Phi) is 3.69. The number of fused-ring (bicyclic) bond motifs is 2. The highest BCUT2D eigenvalue weighted by Crippen LogP contribution is 2.31. The highest BCUT2D eigenvalue weighted by molar-refractivity contribution is 7.16. The lowest BCUT2D eigenvalue weighted by Gasteiger charge is -2.06. The van der Waals surface area contributed by atoms with Gasteiger partial charge < -0.3 is 4.52 Å². The predicted octanol–water partition coefficient (Wildman–Crippen LogP) is 4.60. The molecule has 0 saturated carbocycles. The number of nitrogens with zero attached hydrogens (tertiary/aromatic N) is 5. The van der Waals surface area contributed by atoms with Crippen LogP contribution in [0, 0.1) is 0 Å². The van der Waals surface area contributed by atoms with E-state index in [0.717, 1.165) is 28.2 Å². The van der Waals surface area contributed by atoms with Gasteiger partial charge in [0.15, 0.2) is 11.4 Å². The van der Waals surface area contributed by atoms with Crippen LogP contribution in [-0.2, 0) is 12.6 Å². The number of hydrogen-bond acceptors (Lipinski definition) is 6. The van der Waals surface area contributed by atoms with E-state index >= 15 is 0 Å². The molecule has 0 unspecified atom stereocenters. The molecule has 0 saturated heterocycles. The van der Waals surface area contributed by atoms with Gasteiger partial charge in [0.2, 0.25) is 4.96 Å². The molecule has 5 aromatic rings. The lowest BCUT2D eigenvalue weighted by molar-refractivity contribution is -0.137. The van der Waals surface area contributed by atoms with Gasteiger partial charge in [0.25, 0.3) is 0 Å². The summed E-state index contributed by atoms with van der Waals surface area (Å²) in [7, 11) is 0. The smallest absolute Gasteiger partial charge is 0.356 e. The van der Waals surface area contributed by atoms with Crippen molar-refractivity contribution in [2.45, 2.75) is 12.6 Å². The molecule has 0 aliphatic rings. The van der Waals surface area contributed by atoms with Crippen LogP contribution in [-0.4, -0.2) is 25.0 Å². The molecule has 5 rings (SSSR count). The summed E-state index contributed by atoms with van der Waals surface area (Å²) in [6.45, 7) is 0. The van der Waals surface area contributed by atoms with Crippen molar-refractivity contribution < 1.29 is 17.7 Å². The lowest BCUT2D eigenvalue weighted by atomic mass is 10.1. The normalized spacial score (nSPS) is 12.2. The van der Waals surface area contributed by atoms with Gasteiger partial charge in [0, 0.05) is 17.4 Å². The summed E-state index contributed by atoms with van der Waals surface area (Å²) in [6, 6.07) is 12.3. The average molecular weight is 401 g/mol. The van der Waals surface area contributed by atoms with E-state index < -0.39 is 11.7 Å². The SMILES string of the molecule is FC(F)(F)c1ccc(-c2nnc3sc(Cc4noc5ccccc45)nn23)cc1. The first-order valence-corrected chi connectivity index (χ1v) is 9.03. The molecule has 6 nitrogen and oxygen atoms in total. The van der Waals surface area contributed by atoms with Gasteiger partial charge in [-0.05, 0) is 24.3 Å². The van der Waals surface area contributed by atoms with Crippen molar-refractivity contribution in [3.63, 3.8) is 0 Å². The van der Waals surface area contributed by atoms with Crippen LogP contribution in [0.5, 0.6) is 0 Å². The lowest BCUT2D eigenvalue weighted by Crippen LogP contribution is -2.04. The molecule has 0 aliphatic carbocycles. The standard InChI is InChI=1S/C18H10F3N5OS/c19-18(20,21)11-7-5-10(6-8-11)16-22-23-17-26(16)24-15(28-17)9-13-12-3-1-2-4-14(12)27-25-13/h1-8H,9H2. The number of hydrogen-bond donors (Lipinski definition) is 0. The Bertz CT molecular complexity index is 1290. The van der Waals surface area contributed by atoms with Crippen LogP contribution in [0.25, 0.3) is 27.3 Å². The van der Waals surface area contributed by atoms with Crippen LogP contribution in [0.3, 0.4) is 0 Å². The highest BCUT2D eigenvalue weighted by atomic mass is 32.1. The summed E-state index contributed by atoms with van der Waals surface area (Å²) < 4.78 is 45.1. The van der Waals surface area contributed by atoms with Gasteiger partial charge in [-0.2, -0.15) is 22.8 Å². The minimum atomic E-state index is -4.38. The molecule has 0 bridgehead atoms. The Balaban J connectivity index is 1.49. The first-order valence-electron chi connectivity index (χ1n) is 8.21. The largest absolute Gasteiger partial charge is 0.416 e. The second-order valence-electron chi connectivity index (χ2n) is 6.09. The van der Waals surface area contributed by atoms with Crippen molar-refractivity contribution in [1.29, 1.82) is 0 Å². The molecular formula is C18H10F3N5OS. The van der Waals surface area contributed by atoms with Crippen LogP contribution in [0.1, 0.15) is 16.3 Å². The third-order valence-electron chi connectivity index (χ3n) is 4.27. The number of rotatable bonds is 3. The van der Waals surface area contributed by atoms with Crippen molar-refractivity contribution in [2.24, 2.45) is 0 Å². The molecule has 10 heteroatoms. The van der Waals surface area contributed by atoms with Crippen molar-refractivity contribution >= 4 is 27.3 Å². The highest BCUT2D eigenvalue weighted by Gasteiger charge is 2.30. The topological polar surface area (TPSA) is 69.1 Å². The van der Waals surface area contributed by atoms with E-state index in [2.05, 4.69) is 20.5 Å². The Labute approximate surface area is 159 Å². The molecule has 0 spiro atoms. The molecule has 0 N–H and O–H groups in total. The molecule has 140 valence electrons. The second-order valence-corrected chi connectivity index (χ2v) is 7.13. The summed E-state index contributed by atoms with van der Waals surface area (Å²) in [5, 5.41) is 18.4. The Hall–Kier alpha value is -3.27. The van der Waals surface area contributed by atoms with E-state index in [4.69, 9.17) is 4.52 Å². The monoisotopic (exact) mass is 401 g/mol. The van der Waals surface area contributed by atoms with Crippen LogP contribution >= 0.6 is 11.3 Å². The van der Waals surface area contributed by atoms with Crippen molar-refractivity contribution in [2.75, 3.05) is 0 Å².